The van der Waals surface area contributed by atoms with E-state index in [1.165, 1.54) is 0 Å². The Morgan fingerprint density at radius 1 is 0.868 bits per heavy atom. The first-order valence-corrected chi connectivity index (χ1v) is 13.3. The van der Waals surface area contributed by atoms with Crippen LogP contribution in [0.15, 0.2) is 109 Å². The van der Waals surface area contributed by atoms with Crippen molar-refractivity contribution >= 4 is 28.8 Å². The maximum atomic E-state index is 12.6. The van der Waals surface area contributed by atoms with Gasteiger partial charge < -0.3 is 22.5 Å². The topological polar surface area (TPSA) is 52.5 Å². The predicted molar refractivity (Wildman–Crippen MR) is 150 cm³/mol. The van der Waals surface area contributed by atoms with Crippen LogP contribution in [0.1, 0.15) is 16.7 Å². The van der Waals surface area contributed by atoms with Crippen LogP contribution in [-0.2, 0) is 24.4 Å². The minimum Gasteiger partial charge on any atom is -1.00 e. The Morgan fingerprint density at radius 3 is 2.50 bits per heavy atom. The molecule has 2 aromatic heterocycles. The molecule has 38 heavy (non-hydrogen) atoms. The first-order valence-electron chi connectivity index (χ1n) is 12.0. The van der Waals surface area contributed by atoms with Crippen molar-refractivity contribution in [3.8, 4) is 27.3 Å². The summed E-state index contributed by atoms with van der Waals surface area (Å²) in [6.07, 6.45) is 4.04. The van der Waals surface area contributed by atoms with Gasteiger partial charge in [0.05, 0.1) is 6.42 Å². The zero-order valence-electron chi connectivity index (χ0n) is 20.5. The summed E-state index contributed by atoms with van der Waals surface area (Å²) in [6.45, 7) is 0.964. The Balaban J connectivity index is 0.00000336. The minimum absolute atomic E-state index is 0. The Labute approximate surface area is 237 Å². The molecular formula is C31H26Cl2N2O2S. The number of carbonyl (C=O) groups is 1. The van der Waals surface area contributed by atoms with Crippen LogP contribution in [-0.4, -0.2) is 5.91 Å². The van der Waals surface area contributed by atoms with Gasteiger partial charge >= 0.3 is 0 Å². The average Bonchev–Trinajstić information content (AvgIpc) is 3.43. The number of ether oxygens (including phenoxy) is 1. The fourth-order valence-electron chi connectivity index (χ4n) is 4.13. The molecule has 0 aliphatic carbocycles. The van der Waals surface area contributed by atoms with Gasteiger partial charge in [0.1, 0.15) is 12.4 Å². The van der Waals surface area contributed by atoms with Crippen LogP contribution >= 0.6 is 22.9 Å². The molecule has 2 N–H and O–H groups in total. The van der Waals surface area contributed by atoms with Crippen molar-refractivity contribution in [2.45, 2.75) is 19.6 Å². The van der Waals surface area contributed by atoms with Crippen LogP contribution in [0.2, 0.25) is 5.02 Å². The van der Waals surface area contributed by atoms with E-state index in [0.717, 1.165) is 44.0 Å². The number of benzene rings is 3. The molecular weight excluding hydrogens is 535 g/mol. The standard InChI is InChI=1S/C31H25ClN2O2S.ClH/c32-26-11-12-29(36-21-22-6-2-1-3-7-22)28(18-26)27-13-15-37-31(27)25-10-4-8-23(16-25)17-30(35)34-20-24-9-5-14-33-19-24;/h1-16,18-19H,17,20-21H2,(H,34,35);1H. The van der Waals surface area contributed by atoms with Crippen LogP contribution in [0, 0.1) is 0 Å². The summed E-state index contributed by atoms with van der Waals surface area (Å²) in [4.78, 5) is 16.7. The summed E-state index contributed by atoms with van der Waals surface area (Å²) in [5.74, 6) is 0.764. The zero-order chi connectivity index (χ0) is 25.5. The number of rotatable bonds is 9. The molecule has 0 spiro atoms. The van der Waals surface area contributed by atoms with Gasteiger partial charge in [0.2, 0.25) is 5.91 Å². The highest BCUT2D eigenvalue weighted by Gasteiger charge is 2.16. The third kappa shape index (κ3) is 7.01. The molecule has 2 heterocycles. The maximum Gasteiger partial charge on any atom is 0.224 e. The van der Waals surface area contributed by atoms with E-state index >= 15 is 0 Å². The van der Waals surface area contributed by atoms with Crippen molar-refractivity contribution < 1.29 is 26.9 Å². The van der Waals surface area contributed by atoms with Crippen LogP contribution in [0.25, 0.3) is 21.6 Å². The number of nitrogens with one attached hydrogen (secondary N) is 2. The van der Waals surface area contributed by atoms with Crippen molar-refractivity contribution in [2.75, 3.05) is 0 Å². The van der Waals surface area contributed by atoms with Crippen molar-refractivity contribution in [3.05, 3.63) is 130 Å². The molecule has 3 aromatic carbocycles. The smallest absolute Gasteiger partial charge is 0.224 e. The summed E-state index contributed by atoms with van der Waals surface area (Å²) >= 11 is 8.07. The number of amides is 1. The van der Waals surface area contributed by atoms with Gasteiger partial charge in [-0.3, -0.25) is 4.79 Å². The van der Waals surface area contributed by atoms with Crippen molar-refractivity contribution in [2.24, 2.45) is 0 Å². The third-order valence-electron chi connectivity index (χ3n) is 5.95. The minimum atomic E-state index is -0.0150. The summed E-state index contributed by atoms with van der Waals surface area (Å²) in [7, 11) is 0. The fraction of sp³-hybridized carbons (Fsp3) is 0.0968. The van der Waals surface area contributed by atoms with E-state index in [4.69, 9.17) is 16.3 Å². The van der Waals surface area contributed by atoms with Crippen molar-refractivity contribution in [3.63, 3.8) is 0 Å². The lowest BCUT2D eigenvalue weighted by molar-refractivity contribution is -0.378. The maximum absolute atomic E-state index is 12.6. The number of pyridine rings is 1. The summed E-state index contributed by atoms with van der Waals surface area (Å²) in [6, 6.07) is 30.0. The third-order valence-corrected chi connectivity index (χ3v) is 7.15. The Morgan fingerprint density at radius 2 is 1.68 bits per heavy atom. The van der Waals surface area contributed by atoms with Crippen molar-refractivity contribution in [1.29, 1.82) is 0 Å². The lowest BCUT2D eigenvalue weighted by Crippen LogP contribution is -3.00. The molecule has 0 atom stereocenters. The molecule has 0 aliphatic rings. The first-order chi connectivity index (χ1) is 18.2. The molecule has 0 unspecified atom stereocenters. The number of H-pyrrole nitrogens is 1. The van der Waals surface area contributed by atoms with Crippen LogP contribution < -0.4 is 27.4 Å². The SMILES string of the molecule is O=C(Cc1cccc(-c2sccc2-c2cc(Cl)ccc2OCc2ccccc2)c1)NCc1ccc[nH+]c1.[Cl-]. The van der Waals surface area contributed by atoms with E-state index in [0.29, 0.717) is 24.6 Å². The molecule has 4 nitrogen and oxygen atoms in total. The molecule has 5 rings (SSSR count). The van der Waals surface area contributed by atoms with E-state index in [1.807, 2.05) is 85.2 Å². The van der Waals surface area contributed by atoms with Crippen LogP contribution in [0.5, 0.6) is 5.75 Å². The monoisotopic (exact) mass is 560 g/mol. The molecule has 1 amide bonds. The Hall–Kier alpha value is -3.64. The highest BCUT2D eigenvalue weighted by molar-refractivity contribution is 7.14. The number of halogens is 2. The summed E-state index contributed by atoms with van der Waals surface area (Å²) in [5.41, 5.74) is 6.15. The predicted octanol–water partition coefficient (Wildman–Crippen LogP) is 3.99. The first kappa shape index (κ1) is 27.4. The fourth-order valence-corrected chi connectivity index (χ4v) is 5.21. The second-order valence-electron chi connectivity index (χ2n) is 8.64. The Kier molecular flexibility index (Phi) is 9.55. The van der Waals surface area contributed by atoms with Gasteiger partial charge in [-0.15, -0.1) is 11.3 Å². The largest absolute Gasteiger partial charge is 1.00 e. The molecule has 0 aliphatic heterocycles. The molecule has 5 aromatic rings. The zero-order valence-corrected chi connectivity index (χ0v) is 22.8. The number of hydrogen-bond donors (Lipinski definition) is 1. The van der Waals surface area contributed by atoms with Gasteiger partial charge in [-0.25, -0.2) is 4.98 Å². The number of carbonyl (C=O) groups excluding carboxylic acids is 1. The molecule has 0 bridgehead atoms. The van der Waals surface area contributed by atoms with Crippen LogP contribution in [0.4, 0.5) is 0 Å². The van der Waals surface area contributed by atoms with E-state index in [-0.39, 0.29) is 18.3 Å². The normalized spacial score (nSPS) is 10.4. The lowest BCUT2D eigenvalue weighted by atomic mass is 10.00. The molecule has 192 valence electrons. The second kappa shape index (κ2) is 13.2. The highest BCUT2D eigenvalue weighted by atomic mass is 35.5. The molecule has 0 saturated heterocycles. The van der Waals surface area contributed by atoms with Gasteiger partial charge in [-0.1, -0.05) is 60.1 Å². The molecule has 0 radical (unpaired) electrons. The van der Waals surface area contributed by atoms with E-state index in [1.54, 1.807) is 11.3 Å². The van der Waals surface area contributed by atoms with Crippen molar-refractivity contribution in [1.82, 2.24) is 5.32 Å². The van der Waals surface area contributed by atoms with Gasteiger partial charge in [0, 0.05) is 39.2 Å². The number of thiophene rings is 1. The van der Waals surface area contributed by atoms with Gasteiger partial charge in [0.25, 0.3) is 0 Å². The molecule has 0 saturated carbocycles. The number of aromatic amines is 1. The highest BCUT2D eigenvalue weighted by Crippen LogP contribution is 2.42. The number of hydrogen-bond acceptors (Lipinski definition) is 3. The van der Waals surface area contributed by atoms with Crippen LogP contribution in [0.3, 0.4) is 0 Å². The quantitative estimate of drug-likeness (QED) is 0.296. The molecule has 7 heteroatoms. The Bertz CT molecular complexity index is 1490. The summed E-state index contributed by atoms with van der Waals surface area (Å²) in [5, 5.41) is 5.72. The van der Waals surface area contributed by atoms with Gasteiger partial charge in [0.15, 0.2) is 12.4 Å². The van der Waals surface area contributed by atoms with Gasteiger partial charge in [-0.2, -0.15) is 0 Å². The lowest BCUT2D eigenvalue weighted by Gasteiger charge is -2.14. The van der Waals surface area contributed by atoms with E-state index in [9.17, 15) is 4.79 Å². The summed E-state index contributed by atoms with van der Waals surface area (Å²) < 4.78 is 6.22. The average molecular weight is 562 g/mol. The van der Waals surface area contributed by atoms with E-state index < -0.39 is 0 Å². The molecule has 0 fully saturated rings. The second-order valence-corrected chi connectivity index (χ2v) is 10.00. The van der Waals surface area contributed by atoms with E-state index in [2.05, 4.69) is 33.9 Å². The van der Waals surface area contributed by atoms with Gasteiger partial charge in [-0.05, 0) is 58.5 Å². The number of aromatic nitrogens is 1.